The number of carbonyl (C=O) groups is 1. The summed E-state index contributed by atoms with van der Waals surface area (Å²) in [4.78, 5) is 18.9. The number of nitrogens with one attached hydrogen (secondary N) is 1. The summed E-state index contributed by atoms with van der Waals surface area (Å²) >= 11 is 0. The highest BCUT2D eigenvalue weighted by atomic mass is 16.3. The van der Waals surface area contributed by atoms with E-state index < -0.39 is 0 Å². The zero-order valence-corrected chi connectivity index (χ0v) is 15.1. The number of carbonyl (C=O) groups excluding carboxylic acids is 1. The fourth-order valence-electron chi connectivity index (χ4n) is 3.60. The van der Waals surface area contributed by atoms with Gasteiger partial charge in [0.1, 0.15) is 6.26 Å². The van der Waals surface area contributed by atoms with Crippen molar-refractivity contribution in [2.45, 2.75) is 24.9 Å². The first-order valence-corrected chi connectivity index (χ1v) is 9.34. The first kappa shape index (κ1) is 17.5. The number of rotatable bonds is 5. The number of amides is 1. The van der Waals surface area contributed by atoms with Crippen molar-refractivity contribution in [3.05, 3.63) is 90.1 Å². The summed E-state index contributed by atoms with van der Waals surface area (Å²) in [6.45, 7) is 1.48. The molecule has 5 nitrogen and oxygen atoms in total. The maximum Gasteiger partial charge on any atom is 0.257 e. The van der Waals surface area contributed by atoms with E-state index in [0.29, 0.717) is 11.6 Å². The van der Waals surface area contributed by atoms with Gasteiger partial charge < -0.3 is 14.6 Å². The average molecular weight is 361 g/mol. The second kappa shape index (κ2) is 8.18. The van der Waals surface area contributed by atoms with E-state index in [1.165, 1.54) is 11.8 Å². The zero-order chi connectivity index (χ0) is 18.5. The fourth-order valence-corrected chi connectivity index (χ4v) is 3.60. The van der Waals surface area contributed by atoms with Crippen LogP contribution >= 0.6 is 0 Å². The van der Waals surface area contributed by atoms with Gasteiger partial charge in [0.05, 0.1) is 23.6 Å². The summed E-state index contributed by atoms with van der Waals surface area (Å²) < 4.78 is 5.03. The smallest absolute Gasteiger partial charge is 0.257 e. The molecule has 1 aromatic carbocycles. The molecule has 3 heterocycles. The van der Waals surface area contributed by atoms with E-state index in [-0.39, 0.29) is 11.9 Å². The second-order valence-corrected chi connectivity index (χ2v) is 6.84. The number of benzene rings is 1. The molecule has 1 amide bonds. The minimum Gasteiger partial charge on any atom is -0.472 e. The Hall–Kier alpha value is -2.92. The van der Waals surface area contributed by atoms with E-state index in [2.05, 4.69) is 40.6 Å². The number of hydrogen-bond donors (Lipinski definition) is 1. The minimum atomic E-state index is 0.0477. The van der Waals surface area contributed by atoms with Crippen LogP contribution in [0.2, 0.25) is 0 Å². The molecule has 1 aliphatic heterocycles. The Labute approximate surface area is 159 Å². The Morgan fingerprint density at radius 3 is 2.52 bits per heavy atom. The largest absolute Gasteiger partial charge is 0.472 e. The lowest BCUT2D eigenvalue weighted by atomic mass is 9.98. The van der Waals surface area contributed by atoms with E-state index in [1.54, 1.807) is 12.3 Å². The third-order valence-corrected chi connectivity index (χ3v) is 5.07. The van der Waals surface area contributed by atoms with Crippen LogP contribution in [0, 0.1) is 0 Å². The SMILES string of the molecule is O=C(c1ccoc1)N1CCC(N[C@H](c2ccccc2)c2ccccn2)CC1. The van der Waals surface area contributed by atoms with E-state index >= 15 is 0 Å². The Kier molecular flexibility index (Phi) is 5.30. The van der Waals surface area contributed by atoms with Crippen LogP contribution < -0.4 is 5.32 Å². The van der Waals surface area contributed by atoms with Gasteiger partial charge in [-0.05, 0) is 36.6 Å². The fraction of sp³-hybridized carbons (Fsp3) is 0.273. The van der Waals surface area contributed by atoms with Crippen LogP contribution in [0.15, 0.2) is 77.7 Å². The van der Waals surface area contributed by atoms with Crippen LogP contribution in [0.3, 0.4) is 0 Å². The molecule has 1 fully saturated rings. The van der Waals surface area contributed by atoms with Crippen molar-refractivity contribution in [2.75, 3.05) is 13.1 Å². The van der Waals surface area contributed by atoms with Crippen LogP contribution in [0.5, 0.6) is 0 Å². The van der Waals surface area contributed by atoms with Gasteiger partial charge in [-0.25, -0.2) is 0 Å². The van der Waals surface area contributed by atoms with Crippen molar-refractivity contribution in [3.63, 3.8) is 0 Å². The van der Waals surface area contributed by atoms with E-state index in [1.807, 2.05) is 29.3 Å². The highest BCUT2D eigenvalue weighted by molar-refractivity contribution is 5.93. The molecule has 1 N–H and O–H groups in total. The maximum atomic E-state index is 12.5. The Balaban J connectivity index is 1.43. The van der Waals surface area contributed by atoms with E-state index in [0.717, 1.165) is 31.6 Å². The molecule has 0 spiro atoms. The molecule has 2 aromatic heterocycles. The molecule has 0 aliphatic carbocycles. The van der Waals surface area contributed by atoms with Crippen LogP contribution in [0.1, 0.15) is 40.5 Å². The number of nitrogens with zero attached hydrogens (tertiary/aromatic N) is 2. The van der Waals surface area contributed by atoms with Gasteiger partial charge in [0.15, 0.2) is 0 Å². The molecule has 3 aromatic rings. The van der Waals surface area contributed by atoms with Crippen molar-refractivity contribution < 1.29 is 9.21 Å². The maximum absolute atomic E-state index is 12.5. The molecular weight excluding hydrogens is 338 g/mol. The molecule has 138 valence electrons. The van der Waals surface area contributed by atoms with Gasteiger partial charge in [-0.2, -0.15) is 0 Å². The van der Waals surface area contributed by atoms with Crippen molar-refractivity contribution in [1.82, 2.24) is 15.2 Å². The monoisotopic (exact) mass is 361 g/mol. The van der Waals surface area contributed by atoms with Crippen molar-refractivity contribution in [2.24, 2.45) is 0 Å². The third kappa shape index (κ3) is 4.09. The van der Waals surface area contributed by atoms with Gasteiger partial charge in [-0.3, -0.25) is 9.78 Å². The quantitative estimate of drug-likeness (QED) is 0.753. The summed E-state index contributed by atoms with van der Waals surface area (Å²) in [5.41, 5.74) is 2.84. The van der Waals surface area contributed by atoms with Gasteiger partial charge in [0.2, 0.25) is 0 Å². The van der Waals surface area contributed by atoms with Gasteiger partial charge >= 0.3 is 0 Å². The van der Waals surface area contributed by atoms with Gasteiger partial charge in [-0.1, -0.05) is 36.4 Å². The Morgan fingerprint density at radius 1 is 1.07 bits per heavy atom. The van der Waals surface area contributed by atoms with Crippen LogP contribution in [-0.2, 0) is 0 Å². The van der Waals surface area contributed by atoms with Crippen LogP contribution in [0.25, 0.3) is 0 Å². The predicted molar refractivity (Wildman–Crippen MR) is 103 cm³/mol. The Bertz CT molecular complexity index is 802. The summed E-state index contributed by atoms with van der Waals surface area (Å²) in [5.74, 6) is 0.0477. The van der Waals surface area contributed by atoms with Crippen LogP contribution in [0.4, 0.5) is 0 Å². The molecule has 0 saturated carbocycles. The van der Waals surface area contributed by atoms with Crippen molar-refractivity contribution in [1.29, 1.82) is 0 Å². The van der Waals surface area contributed by atoms with Crippen molar-refractivity contribution in [3.8, 4) is 0 Å². The highest BCUT2D eigenvalue weighted by Gasteiger charge is 2.26. The third-order valence-electron chi connectivity index (χ3n) is 5.07. The minimum absolute atomic E-state index is 0.0477. The van der Waals surface area contributed by atoms with Crippen LogP contribution in [-0.4, -0.2) is 34.9 Å². The average Bonchev–Trinajstić information content (AvgIpc) is 3.28. The summed E-state index contributed by atoms with van der Waals surface area (Å²) in [6, 6.07) is 18.5. The lowest BCUT2D eigenvalue weighted by Crippen LogP contribution is -2.46. The molecular formula is C22H23N3O2. The lowest BCUT2D eigenvalue weighted by molar-refractivity contribution is 0.0702. The van der Waals surface area contributed by atoms with Gasteiger partial charge in [-0.15, -0.1) is 0 Å². The van der Waals surface area contributed by atoms with Gasteiger partial charge in [0.25, 0.3) is 5.91 Å². The summed E-state index contributed by atoms with van der Waals surface area (Å²) in [6.07, 6.45) is 6.72. The van der Waals surface area contributed by atoms with Crippen molar-refractivity contribution >= 4 is 5.91 Å². The number of likely N-dealkylation sites (tertiary alicyclic amines) is 1. The number of hydrogen-bond acceptors (Lipinski definition) is 4. The standard InChI is InChI=1S/C22H23N3O2/c26-22(18-11-15-27-16-18)25-13-9-19(10-14-25)24-21(17-6-2-1-3-7-17)20-8-4-5-12-23-20/h1-8,11-12,15-16,19,21,24H,9-10,13-14H2/t21-/m1/s1. The molecule has 4 rings (SSSR count). The Morgan fingerprint density at radius 2 is 1.85 bits per heavy atom. The number of furan rings is 1. The van der Waals surface area contributed by atoms with E-state index in [9.17, 15) is 4.79 Å². The molecule has 27 heavy (non-hydrogen) atoms. The molecule has 0 unspecified atom stereocenters. The first-order chi connectivity index (χ1) is 13.3. The molecule has 1 aliphatic rings. The zero-order valence-electron chi connectivity index (χ0n) is 15.1. The summed E-state index contributed by atoms with van der Waals surface area (Å²) in [7, 11) is 0. The summed E-state index contributed by atoms with van der Waals surface area (Å²) in [5, 5.41) is 3.76. The second-order valence-electron chi connectivity index (χ2n) is 6.84. The topological polar surface area (TPSA) is 58.4 Å². The molecule has 1 atom stereocenters. The number of aromatic nitrogens is 1. The van der Waals surface area contributed by atoms with E-state index in [4.69, 9.17) is 4.42 Å². The highest BCUT2D eigenvalue weighted by Crippen LogP contribution is 2.23. The number of piperidine rings is 1. The molecule has 0 bridgehead atoms. The predicted octanol–water partition coefficient (Wildman–Crippen LogP) is 3.66. The first-order valence-electron chi connectivity index (χ1n) is 9.34. The lowest BCUT2D eigenvalue weighted by Gasteiger charge is -2.34. The molecule has 0 radical (unpaired) electrons. The van der Waals surface area contributed by atoms with Gasteiger partial charge in [0, 0.05) is 25.3 Å². The normalized spacial score (nSPS) is 16.2. The number of pyridine rings is 1. The molecule has 5 heteroatoms. The molecule has 1 saturated heterocycles.